The summed E-state index contributed by atoms with van der Waals surface area (Å²) >= 11 is 0. The summed E-state index contributed by atoms with van der Waals surface area (Å²) in [6.07, 6.45) is 1.54. The molecule has 0 N–H and O–H groups in total. The third-order valence-corrected chi connectivity index (χ3v) is 6.56. The summed E-state index contributed by atoms with van der Waals surface area (Å²) < 4.78 is 29.0. The van der Waals surface area contributed by atoms with Crippen LogP contribution in [0.3, 0.4) is 0 Å². The average Bonchev–Trinajstić information content (AvgIpc) is 2.14. The van der Waals surface area contributed by atoms with Gasteiger partial charge in [-0.05, 0) is 39.9 Å². The topological polar surface area (TPSA) is 46.6 Å². The Morgan fingerprint density at radius 3 is 2.20 bits per heavy atom. The molecule has 0 bridgehead atoms. The fourth-order valence-electron chi connectivity index (χ4n) is 2.25. The maximum Gasteiger partial charge on any atom is 0.163 e. The van der Waals surface area contributed by atoms with Gasteiger partial charge in [-0.3, -0.25) is 0 Å². The van der Waals surface area contributed by atoms with Crippen molar-refractivity contribution < 1.29 is 13.2 Å². The predicted octanol–water partition coefficient (Wildman–Crippen LogP) is 0.284. The quantitative estimate of drug-likeness (QED) is 0.687. The minimum absolute atomic E-state index is 0.150. The van der Waals surface area contributed by atoms with Gasteiger partial charge in [-0.25, -0.2) is 8.42 Å². The van der Waals surface area contributed by atoms with Gasteiger partial charge in [0.1, 0.15) is 4.75 Å². The summed E-state index contributed by atoms with van der Waals surface area (Å²) in [5.41, 5.74) is 0. The molecule has 2 saturated heterocycles. The highest BCUT2D eigenvalue weighted by Crippen LogP contribution is 2.33. The molecule has 4 nitrogen and oxygen atoms in total. The Kier molecular flexibility index (Phi) is 2.81. The first-order chi connectivity index (χ1) is 6.96. The minimum Gasteiger partial charge on any atom is -0.378 e. The van der Waals surface area contributed by atoms with Crippen LogP contribution >= 0.6 is 0 Å². The van der Waals surface area contributed by atoms with E-state index in [9.17, 15) is 8.42 Å². The van der Waals surface area contributed by atoms with Crippen molar-refractivity contribution in [2.24, 2.45) is 0 Å². The summed E-state index contributed by atoms with van der Waals surface area (Å²) in [6, 6.07) is 0. The van der Waals surface area contributed by atoms with E-state index in [0.717, 1.165) is 25.9 Å². The molecule has 5 heteroatoms. The lowest BCUT2D eigenvalue weighted by atomic mass is 10.1. The summed E-state index contributed by atoms with van der Waals surface area (Å²) in [4.78, 5) is 2.19. The van der Waals surface area contributed by atoms with Crippen LogP contribution in [0.1, 0.15) is 19.8 Å². The van der Waals surface area contributed by atoms with E-state index in [0.29, 0.717) is 13.2 Å². The van der Waals surface area contributed by atoms with Crippen LogP contribution in [-0.4, -0.2) is 56.7 Å². The zero-order valence-corrected chi connectivity index (χ0v) is 10.2. The molecule has 2 fully saturated rings. The largest absolute Gasteiger partial charge is 0.378 e. The fraction of sp³-hybridized carbons (Fsp3) is 1.00. The van der Waals surface area contributed by atoms with E-state index >= 15 is 0 Å². The van der Waals surface area contributed by atoms with E-state index in [-0.39, 0.29) is 5.25 Å². The molecule has 0 radical (unpaired) electrons. The zero-order valence-electron chi connectivity index (χ0n) is 9.40. The van der Waals surface area contributed by atoms with E-state index in [1.807, 2.05) is 14.0 Å². The normalized spacial score (nSPS) is 28.7. The van der Waals surface area contributed by atoms with E-state index in [4.69, 9.17) is 4.74 Å². The van der Waals surface area contributed by atoms with Crippen molar-refractivity contribution in [1.82, 2.24) is 4.90 Å². The Morgan fingerprint density at radius 2 is 1.80 bits per heavy atom. The molecule has 0 aliphatic carbocycles. The summed E-state index contributed by atoms with van der Waals surface area (Å²) in [5.74, 6) is 0. The van der Waals surface area contributed by atoms with Gasteiger partial charge in [-0.15, -0.1) is 0 Å². The molecular formula is C10H19NO3S. The highest BCUT2D eigenvalue weighted by molar-refractivity contribution is 7.93. The van der Waals surface area contributed by atoms with Crippen LogP contribution in [0.25, 0.3) is 0 Å². The number of sulfone groups is 1. The monoisotopic (exact) mass is 233 g/mol. The van der Waals surface area contributed by atoms with Crippen LogP contribution in [0, 0.1) is 0 Å². The van der Waals surface area contributed by atoms with Crippen molar-refractivity contribution >= 4 is 9.84 Å². The lowest BCUT2D eigenvalue weighted by Crippen LogP contribution is -2.57. The SMILES string of the molecule is CN1CCC(S(=O)(=O)C2(C)COC2)CC1. The van der Waals surface area contributed by atoms with Gasteiger partial charge in [0.25, 0.3) is 0 Å². The van der Waals surface area contributed by atoms with Crippen molar-refractivity contribution in [3.63, 3.8) is 0 Å². The Labute approximate surface area is 91.5 Å². The second-order valence-electron chi connectivity index (χ2n) is 4.99. The molecule has 0 aromatic carbocycles. The van der Waals surface area contributed by atoms with Gasteiger partial charge in [0, 0.05) is 0 Å². The van der Waals surface area contributed by atoms with Gasteiger partial charge >= 0.3 is 0 Å². The van der Waals surface area contributed by atoms with E-state index < -0.39 is 14.6 Å². The van der Waals surface area contributed by atoms with Crippen LogP contribution < -0.4 is 0 Å². The van der Waals surface area contributed by atoms with E-state index in [1.54, 1.807) is 0 Å². The number of nitrogens with zero attached hydrogens (tertiary/aromatic N) is 1. The number of hydrogen-bond donors (Lipinski definition) is 0. The number of piperidine rings is 1. The van der Waals surface area contributed by atoms with Gasteiger partial charge in [0.15, 0.2) is 9.84 Å². The lowest BCUT2D eigenvalue weighted by Gasteiger charge is -2.41. The molecule has 2 aliphatic heterocycles. The van der Waals surface area contributed by atoms with Crippen molar-refractivity contribution in [2.75, 3.05) is 33.4 Å². The first-order valence-electron chi connectivity index (χ1n) is 5.45. The second kappa shape index (κ2) is 3.71. The molecule has 0 aromatic rings. The van der Waals surface area contributed by atoms with Gasteiger partial charge < -0.3 is 9.64 Å². The molecule has 0 amide bonds. The third kappa shape index (κ3) is 1.81. The van der Waals surface area contributed by atoms with Crippen LogP contribution in [0.4, 0.5) is 0 Å². The standard InChI is InChI=1S/C10H19NO3S/c1-10(7-14-8-10)15(12,13)9-3-5-11(2)6-4-9/h9H,3-8H2,1-2H3. The Hall–Kier alpha value is -0.130. The summed E-state index contributed by atoms with van der Waals surface area (Å²) in [6.45, 7) is 4.34. The van der Waals surface area contributed by atoms with Crippen LogP contribution in [0.15, 0.2) is 0 Å². The third-order valence-electron chi connectivity index (χ3n) is 3.61. The molecule has 0 atom stereocenters. The molecule has 0 saturated carbocycles. The number of rotatable bonds is 2. The highest BCUT2D eigenvalue weighted by atomic mass is 32.2. The predicted molar refractivity (Wildman–Crippen MR) is 58.7 cm³/mol. The van der Waals surface area contributed by atoms with E-state index in [2.05, 4.69) is 4.90 Å². The Balaban J connectivity index is 2.09. The maximum atomic E-state index is 12.3. The maximum absolute atomic E-state index is 12.3. The van der Waals surface area contributed by atoms with Crippen molar-refractivity contribution in [2.45, 2.75) is 29.8 Å². The van der Waals surface area contributed by atoms with Gasteiger partial charge in [-0.2, -0.15) is 0 Å². The molecule has 15 heavy (non-hydrogen) atoms. The zero-order chi connectivity index (χ0) is 11.1. The van der Waals surface area contributed by atoms with E-state index in [1.165, 1.54) is 0 Å². The first kappa shape index (κ1) is 11.4. The minimum atomic E-state index is -3.00. The van der Waals surface area contributed by atoms with Gasteiger partial charge in [0.2, 0.25) is 0 Å². The molecule has 88 valence electrons. The molecule has 0 aromatic heterocycles. The molecular weight excluding hydrogens is 214 g/mol. The Morgan fingerprint density at radius 1 is 1.27 bits per heavy atom. The van der Waals surface area contributed by atoms with Crippen molar-refractivity contribution in [1.29, 1.82) is 0 Å². The van der Waals surface area contributed by atoms with Crippen molar-refractivity contribution in [3.05, 3.63) is 0 Å². The van der Waals surface area contributed by atoms with Gasteiger partial charge in [-0.1, -0.05) is 0 Å². The average molecular weight is 233 g/mol. The number of ether oxygens (including phenoxy) is 1. The number of likely N-dealkylation sites (tertiary alicyclic amines) is 1. The van der Waals surface area contributed by atoms with Crippen LogP contribution in [0.5, 0.6) is 0 Å². The van der Waals surface area contributed by atoms with Crippen LogP contribution in [0.2, 0.25) is 0 Å². The van der Waals surface area contributed by atoms with Crippen LogP contribution in [-0.2, 0) is 14.6 Å². The van der Waals surface area contributed by atoms with Crippen molar-refractivity contribution in [3.8, 4) is 0 Å². The molecule has 2 aliphatic rings. The van der Waals surface area contributed by atoms with Gasteiger partial charge in [0.05, 0.1) is 18.5 Å². The lowest BCUT2D eigenvalue weighted by molar-refractivity contribution is -0.00563. The molecule has 0 unspecified atom stereocenters. The highest BCUT2D eigenvalue weighted by Gasteiger charge is 2.49. The second-order valence-corrected chi connectivity index (χ2v) is 7.73. The molecule has 2 rings (SSSR count). The molecule has 0 spiro atoms. The molecule has 2 heterocycles. The summed E-state index contributed by atoms with van der Waals surface area (Å²) in [7, 11) is -0.961. The smallest absolute Gasteiger partial charge is 0.163 e. The Bertz CT molecular complexity index is 327. The summed E-state index contributed by atoms with van der Waals surface area (Å²) in [5, 5.41) is -0.150. The number of hydrogen-bond acceptors (Lipinski definition) is 4. The fourth-order valence-corrected chi connectivity index (χ4v) is 4.38. The first-order valence-corrected chi connectivity index (χ1v) is 7.00.